The van der Waals surface area contributed by atoms with Crippen LogP contribution in [-0.4, -0.2) is 30.3 Å². The fourth-order valence-electron chi connectivity index (χ4n) is 4.43. The minimum Gasteiger partial charge on any atom is -0.459 e. The van der Waals surface area contributed by atoms with Gasteiger partial charge in [-0.15, -0.1) is 11.3 Å². The Labute approximate surface area is 203 Å². The SMILES string of the molecule is Cc1cc(C)cc(N(C(=O)CNC(=O)c2ccco2)[C@H](C(=O)NC2CCCC2)c2cccs2)c1. The van der Waals surface area contributed by atoms with E-state index in [4.69, 9.17) is 4.42 Å². The molecule has 0 bridgehead atoms. The van der Waals surface area contributed by atoms with Crippen molar-refractivity contribution in [1.29, 1.82) is 0 Å². The number of carbonyl (C=O) groups excluding carboxylic acids is 3. The molecule has 34 heavy (non-hydrogen) atoms. The lowest BCUT2D eigenvalue weighted by Crippen LogP contribution is -2.49. The molecule has 1 fully saturated rings. The lowest BCUT2D eigenvalue weighted by Gasteiger charge is -2.32. The molecule has 1 aliphatic carbocycles. The molecule has 0 saturated heterocycles. The van der Waals surface area contributed by atoms with Gasteiger partial charge in [0, 0.05) is 16.6 Å². The molecule has 7 nitrogen and oxygen atoms in total. The van der Waals surface area contributed by atoms with Gasteiger partial charge in [0.2, 0.25) is 11.8 Å². The molecule has 4 rings (SSSR count). The second kappa shape index (κ2) is 10.7. The van der Waals surface area contributed by atoms with Gasteiger partial charge in [0.15, 0.2) is 5.76 Å². The Balaban J connectivity index is 1.67. The maximum atomic E-state index is 13.6. The zero-order chi connectivity index (χ0) is 24.1. The van der Waals surface area contributed by atoms with E-state index in [1.807, 2.05) is 49.6 Å². The van der Waals surface area contributed by atoms with Crippen molar-refractivity contribution in [3.63, 3.8) is 0 Å². The van der Waals surface area contributed by atoms with E-state index in [0.717, 1.165) is 41.7 Å². The third kappa shape index (κ3) is 5.56. The van der Waals surface area contributed by atoms with Crippen molar-refractivity contribution in [3.8, 4) is 0 Å². The van der Waals surface area contributed by atoms with E-state index >= 15 is 0 Å². The maximum absolute atomic E-state index is 13.6. The van der Waals surface area contributed by atoms with E-state index in [0.29, 0.717) is 5.69 Å². The Morgan fingerprint density at radius 2 is 1.82 bits per heavy atom. The van der Waals surface area contributed by atoms with Gasteiger partial charge in [0.25, 0.3) is 5.91 Å². The molecule has 0 spiro atoms. The third-order valence-corrected chi connectivity index (χ3v) is 6.84. The lowest BCUT2D eigenvalue weighted by atomic mass is 10.1. The van der Waals surface area contributed by atoms with Gasteiger partial charge in [0.05, 0.1) is 12.8 Å². The topological polar surface area (TPSA) is 91.7 Å². The highest BCUT2D eigenvalue weighted by molar-refractivity contribution is 7.10. The van der Waals surface area contributed by atoms with Crippen molar-refractivity contribution in [2.24, 2.45) is 0 Å². The zero-order valence-electron chi connectivity index (χ0n) is 19.4. The van der Waals surface area contributed by atoms with E-state index in [9.17, 15) is 14.4 Å². The predicted molar refractivity (Wildman–Crippen MR) is 132 cm³/mol. The van der Waals surface area contributed by atoms with Gasteiger partial charge in [-0.05, 0) is 73.5 Å². The van der Waals surface area contributed by atoms with Crippen LogP contribution in [0.15, 0.2) is 58.5 Å². The normalized spacial score (nSPS) is 14.5. The summed E-state index contributed by atoms with van der Waals surface area (Å²) >= 11 is 1.43. The van der Waals surface area contributed by atoms with Gasteiger partial charge in [-0.3, -0.25) is 19.3 Å². The van der Waals surface area contributed by atoms with Gasteiger partial charge in [-0.25, -0.2) is 0 Å². The van der Waals surface area contributed by atoms with Crippen LogP contribution in [0.5, 0.6) is 0 Å². The van der Waals surface area contributed by atoms with Crippen LogP contribution in [0.3, 0.4) is 0 Å². The molecule has 3 aromatic rings. The smallest absolute Gasteiger partial charge is 0.287 e. The van der Waals surface area contributed by atoms with Crippen LogP contribution in [0.2, 0.25) is 0 Å². The van der Waals surface area contributed by atoms with Crippen molar-refractivity contribution in [3.05, 3.63) is 75.9 Å². The quantitative estimate of drug-likeness (QED) is 0.497. The fourth-order valence-corrected chi connectivity index (χ4v) is 5.25. The van der Waals surface area contributed by atoms with Crippen molar-refractivity contribution in [1.82, 2.24) is 10.6 Å². The summed E-state index contributed by atoms with van der Waals surface area (Å²) in [5.41, 5.74) is 2.58. The summed E-state index contributed by atoms with van der Waals surface area (Å²) < 4.78 is 5.12. The van der Waals surface area contributed by atoms with Crippen LogP contribution in [-0.2, 0) is 9.59 Å². The monoisotopic (exact) mass is 479 g/mol. The third-order valence-electron chi connectivity index (χ3n) is 5.92. The molecule has 3 amide bonds. The summed E-state index contributed by atoms with van der Waals surface area (Å²) in [6.07, 6.45) is 5.47. The van der Waals surface area contributed by atoms with Crippen LogP contribution in [0.1, 0.15) is 58.3 Å². The largest absolute Gasteiger partial charge is 0.459 e. The molecule has 2 N–H and O–H groups in total. The van der Waals surface area contributed by atoms with Gasteiger partial charge in [-0.1, -0.05) is 25.0 Å². The fraction of sp³-hybridized carbons (Fsp3) is 0.346. The average Bonchev–Trinajstić information content (AvgIpc) is 3.58. The van der Waals surface area contributed by atoms with E-state index < -0.39 is 11.9 Å². The first-order chi connectivity index (χ1) is 16.4. The minimum atomic E-state index is -0.838. The number of benzene rings is 1. The zero-order valence-corrected chi connectivity index (χ0v) is 20.2. The van der Waals surface area contributed by atoms with Gasteiger partial charge < -0.3 is 15.1 Å². The Bertz CT molecular complexity index is 1110. The van der Waals surface area contributed by atoms with Crippen molar-refractivity contribution < 1.29 is 18.8 Å². The summed E-state index contributed by atoms with van der Waals surface area (Å²) in [6.45, 7) is 3.64. The number of thiophene rings is 1. The number of hydrogen-bond donors (Lipinski definition) is 2. The number of nitrogens with zero attached hydrogens (tertiary/aromatic N) is 1. The minimum absolute atomic E-state index is 0.116. The second-order valence-corrected chi connectivity index (χ2v) is 9.66. The summed E-state index contributed by atoms with van der Waals surface area (Å²) in [5.74, 6) is -0.953. The number of hydrogen-bond acceptors (Lipinski definition) is 5. The van der Waals surface area contributed by atoms with Gasteiger partial charge in [0.1, 0.15) is 6.04 Å². The molecule has 0 radical (unpaired) electrons. The second-order valence-electron chi connectivity index (χ2n) is 8.68. The summed E-state index contributed by atoms with van der Waals surface area (Å²) in [4.78, 5) is 41.9. The van der Waals surface area contributed by atoms with Crippen molar-refractivity contribution >= 4 is 34.7 Å². The predicted octanol–water partition coefficient (Wildman–Crippen LogP) is 4.52. The summed E-state index contributed by atoms with van der Waals surface area (Å²) in [6, 6.07) is 12.0. The molecule has 8 heteroatoms. The molecule has 0 unspecified atom stereocenters. The van der Waals surface area contributed by atoms with Crippen LogP contribution < -0.4 is 15.5 Å². The first-order valence-electron chi connectivity index (χ1n) is 11.5. The maximum Gasteiger partial charge on any atom is 0.287 e. The van der Waals surface area contributed by atoms with E-state index in [2.05, 4.69) is 10.6 Å². The summed E-state index contributed by atoms with van der Waals surface area (Å²) in [5, 5.41) is 7.68. The highest BCUT2D eigenvalue weighted by Crippen LogP contribution is 2.32. The molecule has 2 aromatic heterocycles. The number of amides is 3. The highest BCUT2D eigenvalue weighted by atomic mass is 32.1. The van der Waals surface area contributed by atoms with E-state index in [1.54, 1.807) is 6.07 Å². The number of nitrogens with one attached hydrogen (secondary N) is 2. The Morgan fingerprint density at radius 3 is 2.44 bits per heavy atom. The van der Waals surface area contributed by atoms with Gasteiger partial charge in [-0.2, -0.15) is 0 Å². The van der Waals surface area contributed by atoms with E-state index in [1.165, 1.54) is 28.6 Å². The lowest BCUT2D eigenvalue weighted by molar-refractivity contribution is -0.126. The molecular weight excluding hydrogens is 450 g/mol. The molecule has 1 atom stereocenters. The average molecular weight is 480 g/mol. The van der Waals surface area contributed by atoms with Crippen molar-refractivity contribution in [2.75, 3.05) is 11.4 Å². The number of furan rings is 1. The molecule has 1 saturated carbocycles. The van der Waals surface area contributed by atoms with Crippen molar-refractivity contribution in [2.45, 2.75) is 51.6 Å². The molecular formula is C26H29N3O4S. The highest BCUT2D eigenvalue weighted by Gasteiger charge is 2.35. The van der Waals surface area contributed by atoms with Crippen LogP contribution in [0, 0.1) is 13.8 Å². The number of carbonyl (C=O) groups is 3. The van der Waals surface area contributed by atoms with Crippen LogP contribution >= 0.6 is 11.3 Å². The number of rotatable bonds is 8. The molecule has 2 heterocycles. The van der Waals surface area contributed by atoms with E-state index in [-0.39, 0.29) is 30.2 Å². The Hall–Kier alpha value is -3.39. The molecule has 178 valence electrons. The van der Waals surface area contributed by atoms with Crippen LogP contribution in [0.25, 0.3) is 0 Å². The molecule has 0 aliphatic heterocycles. The first-order valence-corrected chi connectivity index (χ1v) is 12.4. The molecule has 1 aromatic carbocycles. The molecule has 1 aliphatic rings. The Kier molecular flexibility index (Phi) is 7.47. The van der Waals surface area contributed by atoms with Crippen LogP contribution in [0.4, 0.5) is 5.69 Å². The standard InChI is InChI=1S/C26H29N3O4S/c1-17-13-18(2)15-20(14-17)29(23(30)16-27-25(31)21-9-5-11-33-21)24(22-10-6-12-34-22)26(32)28-19-7-3-4-8-19/h5-6,9-15,19,24H,3-4,7-8,16H2,1-2H3,(H,27,31)(H,28,32)/t24-/m0/s1. The number of aryl methyl sites for hydroxylation is 2. The number of anilines is 1. The van der Waals surface area contributed by atoms with Gasteiger partial charge >= 0.3 is 0 Å². The summed E-state index contributed by atoms with van der Waals surface area (Å²) in [7, 11) is 0. The first kappa shape index (κ1) is 23.8. The Morgan fingerprint density at radius 1 is 1.09 bits per heavy atom.